The first-order valence-corrected chi connectivity index (χ1v) is 21.8. The molecule has 3 radical (unpaired) electrons. The number of benzene rings is 3. The number of aromatic hydroxyl groups is 4. The third kappa shape index (κ3) is 12.9. The first-order valence-electron chi connectivity index (χ1n) is 11.3. The summed E-state index contributed by atoms with van der Waals surface area (Å²) in [5, 5.41) is 42.2. The third-order valence-corrected chi connectivity index (χ3v) is 5.40. The third-order valence-electron chi connectivity index (χ3n) is 5.40. The van der Waals surface area contributed by atoms with Gasteiger partial charge in [0.2, 0.25) is 0 Å². The summed E-state index contributed by atoms with van der Waals surface area (Å²) in [4.78, 5) is 0. The number of phenolic OH excluding ortho intramolecular Hbond substituents is 4. The van der Waals surface area contributed by atoms with Gasteiger partial charge in [0.25, 0.3) is 0 Å². The molecule has 0 bridgehead atoms. The van der Waals surface area contributed by atoms with Crippen LogP contribution in [0.4, 0.5) is 0 Å². The number of phenols is 4. The molecule has 13 heteroatoms. The Kier molecular flexibility index (Phi) is 18.8. The highest BCUT2D eigenvalue weighted by Gasteiger charge is 2.24. The normalized spacial score (nSPS) is 10.5. The molecule has 4 nitrogen and oxygen atoms in total. The number of rotatable bonds is 2. The second-order valence-electron chi connectivity index (χ2n) is 10.1. The Labute approximate surface area is 275 Å². The highest BCUT2D eigenvalue weighted by atomic mass is 35.7. The molecule has 3 aromatic carbocycles. The van der Waals surface area contributed by atoms with Crippen molar-refractivity contribution < 1.29 is 20.4 Å². The van der Waals surface area contributed by atoms with Crippen molar-refractivity contribution in [2.75, 3.05) is 0 Å². The second kappa shape index (κ2) is 18.7. The van der Waals surface area contributed by atoms with Crippen molar-refractivity contribution in [2.24, 2.45) is 0 Å². The molecule has 209 valence electrons. The van der Waals surface area contributed by atoms with Gasteiger partial charge in [0.15, 0.2) is 0 Å². The van der Waals surface area contributed by atoms with Gasteiger partial charge in [-0.25, -0.2) is 60.3 Å². The fraction of sp³-hybridized carbons (Fsp3) is 0.308. The van der Waals surface area contributed by atoms with E-state index in [2.05, 4.69) is 41.5 Å². The predicted molar refractivity (Wildman–Crippen MR) is 174 cm³/mol. The first-order chi connectivity index (χ1) is 18.0. The van der Waals surface area contributed by atoms with Crippen molar-refractivity contribution >= 4 is 100 Å². The van der Waals surface area contributed by atoms with Gasteiger partial charge in [-0.3, -0.25) is 0 Å². The predicted octanol–water partition coefficient (Wildman–Crippen LogP) is 9.43. The molecule has 0 heterocycles. The van der Waals surface area contributed by atoms with Crippen LogP contribution in [0.3, 0.4) is 0 Å². The maximum atomic E-state index is 11.2. The SMILES string of the molecule is CC(C)(C)c1ccc(O)c(-c2cc(C(C)(C)C)cc(-c3cc(O)ccc3O)c2O)c1.[Cl][Al][Cl].[Cl][Al][Cl].[Cl][Al][Cl]. The summed E-state index contributed by atoms with van der Waals surface area (Å²) in [6, 6.07) is 13.3. The van der Waals surface area contributed by atoms with Gasteiger partial charge in [0, 0.05) is 22.3 Å². The molecular weight excluding hydrogens is 670 g/mol. The van der Waals surface area contributed by atoms with E-state index >= 15 is 0 Å². The molecule has 0 saturated carbocycles. The average Bonchev–Trinajstić information content (AvgIpc) is 2.81. The van der Waals surface area contributed by atoms with E-state index in [-0.39, 0.29) is 74.0 Å². The van der Waals surface area contributed by atoms with Crippen LogP contribution < -0.4 is 0 Å². The van der Waals surface area contributed by atoms with Gasteiger partial charge >= 0.3 is 40.1 Å². The van der Waals surface area contributed by atoms with Crippen molar-refractivity contribution in [1.29, 1.82) is 0 Å². The molecule has 3 aromatic rings. The zero-order chi connectivity index (χ0) is 30.6. The fourth-order valence-electron chi connectivity index (χ4n) is 3.44. The van der Waals surface area contributed by atoms with E-state index in [0.717, 1.165) is 11.1 Å². The van der Waals surface area contributed by atoms with E-state index in [0.29, 0.717) is 22.3 Å². The molecule has 0 aromatic heterocycles. The Bertz CT molecular complexity index is 1180. The minimum atomic E-state index is -0.306. The molecule has 4 N–H and O–H groups in total. The van der Waals surface area contributed by atoms with Gasteiger partial charge in [-0.1, -0.05) is 47.6 Å². The Morgan fingerprint density at radius 3 is 1.21 bits per heavy atom. The van der Waals surface area contributed by atoms with Gasteiger partial charge in [-0.15, -0.1) is 0 Å². The fourth-order valence-corrected chi connectivity index (χ4v) is 3.44. The van der Waals surface area contributed by atoms with Crippen LogP contribution in [0.25, 0.3) is 22.3 Å². The maximum Gasteiger partial charge on any atom is 0.495 e. The number of halogens is 6. The van der Waals surface area contributed by atoms with Crippen molar-refractivity contribution in [3.63, 3.8) is 0 Å². The van der Waals surface area contributed by atoms with Crippen LogP contribution in [-0.4, -0.2) is 60.6 Å². The van der Waals surface area contributed by atoms with Crippen molar-refractivity contribution in [3.8, 4) is 45.3 Å². The Hall–Kier alpha value is 0.197. The van der Waals surface area contributed by atoms with Crippen LogP contribution in [0.15, 0.2) is 48.5 Å². The molecule has 39 heavy (non-hydrogen) atoms. The molecule has 0 unspecified atom stereocenters. The van der Waals surface area contributed by atoms with E-state index in [1.165, 1.54) is 18.2 Å². The van der Waals surface area contributed by atoms with Gasteiger partial charge in [0.05, 0.1) is 0 Å². The van der Waals surface area contributed by atoms with E-state index in [1.54, 1.807) is 6.07 Å². The summed E-state index contributed by atoms with van der Waals surface area (Å²) in [6.45, 7) is 12.4. The smallest absolute Gasteiger partial charge is 0.495 e. The topological polar surface area (TPSA) is 80.9 Å². The van der Waals surface area contributed by atoms with E-state index in [1.807, 2.05) is 24.3 Å². The van der Waals surface area contributed by atoms with E-state index < -0.39 is 0 Å². The summed E-state index contributed by atoms with van der Waals surface area (Å²) >= 11 is -0.917. The van der Waals surface area contributed by atoms with Crippen LogP contribution >= 0.6 is 60.3 Å². The summed E-state index contributed by atoms with van der Waals surface area (Å²) in [6.07, 6.45) is 0. The molecule has 0 aliphatic carbocycles. The Morgan fingerprint density at radius 1 is 0.487 bits per heavy atom. The minimum Gasteiger partial charge on any atom is -0.508 e. The van der Waals surface area contributed by atoms with Crippen molar-refractivity contribution in [3.05, 3.63) is 59.7 Å². The lowest BCUT2D eigenvalue weighted by atomic mass is 9.81. The quantitative estimate of drug-likeness (QED) is 0.159. The molecule has 0 spiro atoms. The van der Waals surface area contributed by atoms with Crippen LogP contribution in [-0.2, 0) is 10.8 Å². The van der Waals surface area contributed by atoms with Crippen LogP contribution in [0.5, 0.6) is 23.0 Å². The van der Waals surface area contributed by atoms with Gasteiger partial charge in [-0.05, 0) is 64.4 Å². The molecule has 0 atom stereocenters. The largest absolute Gasteiger partial charge is 0.508 e. The summed E-state index contributed by atoms with van der Waals surface area (Å²) < 4.78 is 0. The lowest BCUT2D eigenvalue weighted by Gasteiger charge is -2.24. The zero-order valence-electron chi connectivity index (χ0n) is 22.4. The molecule has 0 aliphatic rings. The lowest BCUT2D eigenvalue weighted by molar-refractivity contribution is 0.458. The molecule has 3 rings (SSSR count). The summed E-state index contributed by atoms with van der Waals surface area (Å²) in [5.41, 5.74) is 3.28. The number of hydrogen-bond donors (Lipinski definition) is 4. The van der Waals surface area contributed by atoms with Gasteiger partial charge in [-0.2, -0.15) is 0 Å². The van der Waals surface area contributed by atoms with Crippen molar-refractivity contribution in [2.45, 2.75) is 52.4 Å². The highest BCUT2D eigenvalue weighted by Crippen LogP contribution is 2.47. The first kappa shape index (κ1) is 39.2. The van der Waals surface area contributed by atoms with Crippen LogP contribution in [0.1, 0.15) is 52.7 Å². The van der Waals surface area contributed by atoms with E-state index in [4.69, 9.17) is 60.3 Å². The summed E-state index contributed by atoms with van der Waals surface area (Å²) in [5.74, 6) is -0.0593. The van der Waals surface area contributed by atoms with Crippen LogP contribution in [0.2, 0.25) is 0 Å². The Morgan fingerprint density at radius 2 is 0.821 bits per heavy atom. The molecule has 0 fully saturated rings. The van der Waals surface area contributed by atoms with Crippen LogP contribution in [0, 0.1) is 0 Å². The molecule has 0 amide bonds. The highest BCUT2D eigenvalue weighted by molar-refractivity contribution is 7.23. The standard InChI is InChI=1S/C26H30O4.3Al.6ClH/c1-25(2,3)15-7-9-22(28)18(11-15)20-12-16(26(4,5)6)13-21(24(20)30)19-14-17(27)8-10-23(19)29;;;;;;;;;/h7-14,27-30H,1-6H3;;;;6*1H/q;3*+2;;;;;;/p-6. The molecule has 0 saturated heterocycles. The average molecular weight is 700 g/mol. The minimum absolute atomic E-state index is 0.0116. The van der Waals surface area contributed by atoms with Gasteiger partial charge in [0.1, 0.15) is 23.0 Å². The molecule has 0 aliphatic heterocycles. The number of hydrogen-bond acceptors (Lipinski definition) is 4. The zero-order valence-corrected chi connectivity index (χ0v) is 30.4. The maximum absolute atomic E-state index is 11.2. The Balaban J connectivity index is 0.00000141. The lowest BCUT2D eigenvalue weighted by Crippen LogP contribution is -2.12. The second-order valence-corrected chi connectivity index (χ2v) is 16.5. The van der Waals surface area contributed by atoms with Gasteiger partial charge < -0.3 is 20.4 Å². The van der Waals surface area contributed by atoms with Crippen molar-refractivity contribution in [1.82, 2.24) is 0 Å². The van der Waals surface area contributed by atoms with E-state index in [9.17, 15) is 20.4 Å². The summed E-state index contributed by atoms with van der Waals surface area (Å²) in [7, 11) is 29.1. The molecular formula is C26H30Al3Cl6O4. The monoisotopic (exact) mass is 697 g/mol.